The quantitative estimate of drug-likeness (QED) is 0.564. The monoisotopic (exact) mass is 425 g/mol. The average molecular weight is 426 g/mol. The zero-order valence-corrected chi connectivity index (χ0v) is 19.0. The first-order chi connectivity index (χ1) is 14.5. The molecule has 31 heavy (non-hydrogen) atoms. The third-order valence-electron chi connectivity index (χ3n) is 5.13. The van der Waals surface area contributed by atoms with Crippen LogP contribution in [-0.4, -0.2) is 38.4 Å². The van der Waals surface area contributed by atoms with Crippen molar-refractivity contribution in [2.75, 3.05) is 0 Å². The van der Waals surface area contributed by atoms with E-state index in [0.29, 0.717) is 13.0 Å². The number of hydrogen-bond acceptors (Lipinski definition) is 4. The Morgan fingerprint density at radius 2 is 1.94 bits per heavy atom. The lowest BCUT2D eigenvalue weighted by Gasteiger charge is -2.23. The van der Waals surface area contributed by atoms with Crippen LogP contribution in [0.1, 0.15) is 43.3 Å². The second-order valence-electron chi connectivity index (χ2n) is 8.82. The molecule has 0 bridgehead atoms. The van der Waals surface area contributed by atoms with E-state index in [9.17, 15) is 9.59 Å². The van der Waals surface area contributed by atoms with Crippen molar-refractivity contribution < 1.29 is 14.3 Å². The maximum atomic E-state index is 13.1. The van der Waals surface area contributed by atoms with Gasteiger partial charge in [0.25, 0.3) is 0 Å². The number of H-pyrrole nitrogens is 1. The molecular formula is C23H31N5O3. The number of benzene rings is 1. The number of aryl methyl sites for hydroxylation is 3. The van der Waals surface area contributed by atoms with Crippen LogP contribution < -0.4 is 10.6 Å². The number of ether oxygens (including phenoxy) is 1. The molecule has 0 aliphatic heterocycles. The third kappa shape index (κ3) is 5.45. The smallest absolute Gasteiger partial charge is 0.408 e. The molecular weight excluding hydrogens is 394 g/mol. The molecule has 0 aliphatic rings. The van der Waals surface area contributed by atoms with E-state index in [2.05, 4.69) is 20.8 Å². The van der Waals surface area contributed by atoms with E-state index < -0.39 is 17.7 Å². The van der Waals surface area contributed by atoms with Gasteiger partial charge in [-0.2, -0.15) is 5.10 Å². The molecule has 0 aliphatic carbocycles. The minimum absolute atomic E-state index is 0.279. The molecule has 166 valence electrons. The summed E-state index contributed by atoms with van der Waals surface area (Å²) in [5, 5.41) is 13.8. The van der Waals surface area contributed by atoms with E-state index >= 15 is 0 Å². The SMILES string of the molecule is Cc1n[nH]c(C)c1CNC(=O)C(Cc1cn(C)c2ccccc12)NC(=O)OC(C)(C)C. The summed E-state index contributed by atoms with van der Waals surface area (Å²) >= 11 is 0. The normalized spacial score (nSPS) is 12.6. The summed E-state index contributed by atoms with van der Waals surface area (Å²) in [7, 11) is 1.96. The molecule has 0 spiro atoms. The molecule has 1 atom stereocenters. The van der Waals surface area contributed by atoms with E-state index in [0.717, 1.165) is 33.4 Å². The first-order valence-corrected chi connectivity index (χ1v) is 10.4. The van der Waals surface area contributed by atoms with Crippen LogP contribution >= 0.6 is 0 Å². The van der Waals surface area contributed by atoms with Gasteiger partial charge in [0, 0.05) is 48.4 Å². The van der Waals surface area contributed by atoms with Gasteiger partial charge in [0.2, 0.25) is 5.91 Å². The average Bonchev–Trinajstić information content (AvgIpc) is 3.17. The van der Waals surface area contributed by atoms with Crippen LogP contribution in [0.25, 0.3) is 10.9 Å². The minimum atomic E-state index is -0.784. The van der Waals surface area contributed by atoms with Crippen molar-refractivity contribution in [3.8, 4) is 0 Å². The molecule has 0 fully saturated rings. The van der Waals surface area contributed by atoms with Gasteiger partial charge in [-0.25, -0.2) is 4.79 Å². The largest absolute Gasteiger partial charge is 0.444 e. The topological polar surface area (TPSA) is 101 Å². The minimum Gasteiger partial charge on any atom is -0.444 e. The molecule has 0 saturated heterocycles. The lowest BCUT2D eigenvalue weighted by molar-refractivity contribution is -0.123. The number of alkyl carbamates (subject to hydrolysis) is 1. The lowest BCUT2D eigenvalue weighted by atomic mass is 10.0. The van der Waals surface area contributed by atoms with Crippen LogP contribution in [0.5, 0.6) is 0 Å². The van der Waals surface area contributed by atoms with Crippen molar-refractivity contribution in [2.24, 2.45) is 7.05 Å². The first kappa shape index (κ1) is 22.4. The number of para-hydroxylation sites is 1. The molecule has 8 heteroatoms. The number of fused-ring (bicyclic) bond motifs is 1. The van der Waals surface area contributed by atoms with Crippen molar-refractivity contribution >= 4 is 22.9 Å². The summed E-state index contributed by atoms with van der Waals surface area (Å²) in [6.45, 7) is 9.49. The Bertz CT molecular complexity index is 1070. The zero-order valence-electron chi connectivity index (χ0n) is 19.0. The fourth-order valence-corrected chi connectivity index (χ4v) is 3.60. The molecule has 2 amide bonds. The molecule has 1 unspecified atom stereocenters. The highest BCUT2D eigenvalue weighted by atomic mass is 16.6. The Kier molecular flexibility index (Phi) is 6.38. The number of aromatic amines is 1. The van der Waals surface area contributed by atoms with Crippen LogP contribution in [-0.2, 0) is 29.5 Å². The first-order valence-electron chi connectivity index (χ1n) is 10.4. The fourth-order valence-electron chi connectivity index (χ4n) is 3.60. The van der Waals surface area contributed by atoms with Crippen LogP contribution in [0.15, 0.2) is 30.5 Å². The second kappa shape index (κ2) is 8.83. The van der Waals surface area contributed by atoms with Gasteiger partial charge in [-0.1, -0.05) is 18.2 Å². The van der Waals surface area contributed by atoms with Crippen LogP contribution in [0.2, 0.25) is 0 Å². The number of amides is 2. The Morgan fingerprint density at radius 3 is 2.58 bits per heavy atom. The van der Waals surface area contributed by atoms with Crippen LogP contribution in [0.4, 0.5) is 4.79 Å². The Morgan fingerprint density at radius 1 is 1.23 bits per heavy atom. The Hall–Kier alpha value is -3.29. The van der Waals surface area contributed by atoms with Gasteiger partial charge in [-0.05, 0) is 46.2 Å². The highest BCUT2D eigenvalue weighted by Gasteiger charge is 2.26. The standard InChI is InChI=1S/C23H31N5O3/c1-14-18(15(2)27-26-14)12-24-21(29)19(25-22(30)31-23(3,4)5)11-16-13-28(6)20-10-8-7-9-17(16)20/h7-10,13,19H,11-12H2,1-6H3,(H,24,29)(H,25,30)(H,26,27). The molecule has 2 heterocycles. The van der Waals surface area contributed by atoms with Gasteiger partial charge in [0.05, 0.1) is 5.69 Å². The van der Waals surface area contributed by atoms with Crippen molar-refractivity contribution in [2.45, 2.75) is 59.2 Å². The Labute approximate surface area is 182 Å². The summed E-state index contributed by atoms with van der Waals surface area (Å²) in [4.78, 5) is 25.5. The van der Waals surface area contributed by atoms with Crippen LogP contribution in [0, 0.1) is 13.8 Å². The van der Waals surface area contributed by atoms with Crippen molar-refractivity contribution in [3.63, 3.8) is 0 Å². The van der Waals surface area contributed by atoms with Crippen molar-refractivity contribution in [3.05, 3.63) is 53.0 Å². The lowest BCUT2D eigenvalue weighted by Crippen LogP contribution is -2.49. The molecule has 3 aromatic rings. The number of aromatic nitrogens is 3. The highest BCUT2D eigenvalue weighted by molar-refractivity contribution is 5.88. The van der Waals surface area contributed by atoms with E-state index in [4.69, 9.17) is 4.74 Å². The number of carbonyl (C=O) groups is 2. The summed E-state index contributed by atoms with van der Waals surface area (Å²) in [5.41, 5.74) is 4.07. The predicted molar refractivity (Wildman–Crippen MR) is 120 cm³/mol. The molecule has 3 N–H and O–H groups in total. The number of carbonyl (C=O) groups excluding carboxylic acids is 2. The van der Waals surface area contributed by atoms with Crippen molar-refractivity contribution in [1.82, 2.24) is 25.4 Å². The molecule has 8 nitrogen and oxygen atoms in total. The summed E-state index contributed by atoms with van der Waals surface area (Å²) in [6, 6.07) is 7.20. The van der Waals surface area contributed by atoms with Crippen molar-refractivity contribution in [1.29, 1.82) is 0 Å². The molecule has 3 rings (SSSR count). The maximum absolute atomic E-state index is 13.1. The van der Waals surface area contributed by atoms with E-state index in [1.54, 1.807) is 20.8 Å². The maximum Gasteiger partial charge on any atom is 0.408 e. The van der Waals surface area contributed by atoms with Gasteiger partial charge >= 0.3 is 6.09 Å². The van der Waals surface area contributed by atoms with Gasteiger partial charge in [-0.3, -0.25) is 9.89 Å². The Balaban J connectivity index is 1.81. The number of nitrogens with one attached hydrogen (secondary N) is 3. The van der Waals surface area contributed by atoms with Crippen LogP contribution in [0.3, 0.4) is 0 Å². The molecule has 0 radical (unpaired) electrons. The summed E-state index contributed by atoms with van der Waals surface area (Å²) < 4.78 is 7.41. The zero-order chi connectivity index (χ0) is 22.8. The number of rotatable bonds is 6. The second-order valence-corrected chi connectivity index (χ2v) is 8.82. The van der Waals surface area contributed by atoms with E-state index in [1.807, 2.05) is 55.9 Å². The highest BCUT2D eigenvalue weighted by Crippen LogP contribution is 2.22. The molecule has 2 aromatic heterocycles. The van der Waals surface area contributed by atoms with Gasteiger partial charge in [0.15, 0.2) is 0 Å². The van der Waals surface area contributed by atoms with Gasteiger partial charge < -0.3 is 19.9 Å². The summed E-state index contributed by atoms with van der Waals surface area (Å²) in [6.07, 6.45) is 1.71. The summed E-state index contributed by atoms with van der Waals surface area (Å²) in [5.74, 6) is -0.279. The predicted octanol–water partition coefficient (Wildman–Crippen LogP) is 3.27. The van der Waals surface area contributed by atoms with E-state index in [1.165, 1.54) is 0 Å². The number of hydrogen-bond donors (Lipinski definition) is 3. The van der Waals surface area contributed by atoms with Gasteiger partial charge in [-0.15, -0.1) is 0 Å². The van der Waals surface area contributed by atoms with Gasteiger partial charge in [0.1, 0.15) is 11.6 Å². The fraction of sp³-hybridized carbons (Fsp3) is 0.435. The number of nitrogens with zero attached hydrogens (tertiary/aromatic N) is 2. The molecule has 1 aromatic carbocycles. The third-order valence-corrected chi connectivity index (χ3v) is 5.13. The molecule has 0 saturated carbocycles. The van der Waals surface area contributed by atoms with E-state index in [-0.39, 0.29) is 5.91 Å².